The van der Waals surface area contributed by atoms with Crippen LogP contribution in [-0.2, 0) is 6.18 Å². The highest BCUT2D eigenvalue weighted by atomic mass is 19.4. The van der Waals surface area contributed by atoms with E-state index in [1.165, 1.54) is 12.1 Å². The van der Waals surface area contributed by atoms with E-state index in [2.05, 4.69) is 6.58 Å². The molecule has 0 aromatic heterocycles. The summed E-state index contributed by atoms with van der Waals surface area (Å²) < 4.78 is 44.6. The number of rotatable bonds is 4. The third-order valence-corrected chi connectivity index (χ3v) is 4.90. The number of ether oxygens (including phenoxy) is 1. The Morgan fingerprint density at radius 2 is 1.40 bits per heavy atom. The Bertz CT molecular complexity index is 1230. The van der Waals surface area contributed by atoms with Crippen molar-refractivity contribution in [2.45, 2.75) is 6.18 Å². The molecule has 0 fully saturated rings. The van der Waals surface area contributed by atoms with Gasteiger partial charge in [0.25, 0.3) is 0 Å². The number of hydrogen-bond donors (Lipinski definition) is 1. The monoisotopic (exact) mass is 405 g/mol. The average Bonchev–Trinajstić information content (AvgIpc) is 2.74. The Kier molecular flexibility index (Phi) is 4.96. The van der Waals surface area contributed by atoms with Gasteiger partial charge in [0.05, 0.1) is 11.3 Å². The van der Waals surface area contributed by atoms with Gasteiger partial charge in [0.1, 0.15) is 11.5 Å². The number of anilines is 1. The van der Waals surface area contributed by atoms with Gasteiger partial charge >= 0.3 is 6.18 Å². The molecule has 0 aliphatic carbocycles. The molecule has 0 unspecified atom stereocenters. The summed E-state index contributed by atoms with van der Waals surface area (Å²) >= 11 is 0. The standard InChI is InChI=1S/C25H18F3NO/c1-16(30-24-9-5-4-8-23(24)29)19-14-15-20(22-7-3-2-6-21(19)22)17-10-12-18(13-11-17)25(26,27)28/h2-15H,1,29H2. The SMILES string of the molecule is C=C(Oc1ccccc1N)c1ccc(-c2ccc(C(F)(F)F)cc2)c2ccccc12. The fourth-order valence-corrected chi connectivity index (χ4v) is 3.39. The average molecular weight is 405 g/mol. The lowest BCUT2D eigenvalue weighted by molar-refractivity contribution is -0.137. The maximum absolute atomic E-state index is 12.9. The highest BCUT2D eigenvalue weighted by molar-refractivity contribution is 6.02. The smallest absolute Gasteiger partial charge is 0.416 e. The van der Waals surface area contributed by atoms with Gasteiger partial charge in [-0.05, 0) is 52.2 Å². The number of benzene rings is 4. The molecular weight excluding hydrogens is 387 g/mol. The van der Waals surface area contributed by atoms with Crippen LogP contribution in [0.15, 0.2) is 91.5 Å². The zero-order chi connectivity index (χ0) is 21.3. The molecule has 2 nitrogen and oxygen atoms in total. The van der Waals surface area contributed by atoms with Gasteiger partial charge in [0.2, 0.25) is 0 Å². The summed E-state index contributed by atoms with van der Waals surface area (Å²) in [5, 5.41) is 1.77. The molecule has 0 saturated carbocycles. The molecule has 150 valence electrons. The van der Waals surface area contributed by atoms with Crippen molar-refractivity contribution in [2.24, 2.45) is 0 Å². The van der Waals surface area contributed by atoms with Crippen molar-refractivity contribution in [3.8, 4) is 16.9 Å². The van der Waals surface area contributed by atoms with Crippen LogP contribution in [0.5, 0.6) is 5.75 Å². The summed E-state index contributed by atoms with van der Waals surface area (Å²) in [7, 11) is 0. The van der Waals surface area contributed by atoms with Crippen LogP contribution < -0.4 is 10.5 Å². The highest BCUT2D eigenvalue weighted by Crippen LogP contribution is 2.36. The molecular formula is C25H18F3NO. The second-order valence-electron chi connectivity index (χ2n) is 6.84. The van der Waals surface area contributed by atoms with E-state index in [1.807, 2.05) is 48.5 Å². The summed E-state index contributed by atoms with van der Waals surface area (Å²) in [6.45, 7) is 4.05. The van der Waals surface area contributed by atoms with Crippen molar-refractivity contribution in [1.29, 1.82) is 0 Å². The van der Waals surface area contributed by atoms with Gasteiger partial charge in [-0.2, -0.15) is 13.2 Å². The number of fused-ring (bicyclic) bond motifs is 1. The zero-order valence-electron chi connectivity index (χ0n) is 15.9. The van der Waals surface area contributed by atoms with Gasteiger partial charge in [0.15, 0.2) is 0 Å². The summed E-state index contributed by atoms with van der Waals surface area (Å²) in [5.74, 6) is 0.946. The number of halogens is 3. The van der Waals surface area contributed by atoms with Crippen LogP contribution in [-0.4, -0.2) is 0 Å². The van der Waals surface area contributed by atoms with Crippen molar-refractivity contribution in [1.82, 2.24) is 0 Å². The Hall–Kier alpha value is -3.73. The van der Waals surface area contributed by atoms with E-state index in [1.54, 1.807) is 12.1 Å². The molecule has 4 aromatic rings. The predicted octanol–water partition coefficient (Wildman–Crippen LogP) is 7.16. The summed E-state index contributed by atoms with van der Waals surface area (Å²) in [6, 6.07) is 23.7. The molecule has 4 aromatic carbocycles. The van der Waals surface area contributed by atoms with E-state index in [4.69, 9.17) is 10.5 Å². The second kappa shape index (κ2) is 7.59. The van der Waals surface area contributed by atoms with Crippen molar-refractivity contribution in [2.75, 3.05) is 5.73 Å². The van der Waals surface area contributed by atoms with E-state index < -0.39 is 11.7 Å². The molecule has 0 saturated heterocycles. The molecule has 0 aliphatic rings. The minimum absolute atomic E-state index is 0.433. The molecule has 0 radical (unpaired) electrons. The first-order valence-corrected chi connectivity index (χ1v) is 9.25. The van der Waals surface area contributed by atoms with E-state index in [-0.39, 0.29) is 0 Å². The molecule has 0 amide bonds. The third-order valence-electron chi connectivity index (χ3n) is 4.90. The quantitative estimate of drug-likeness (QED) is 0.289. The Morgan fingerprint density at radius 1 is 0.767 bits per heavy atom. The lowest BCUT2D eigenvalue weighted by atomic mass is 9.94. The Labute approximate surface area is 172 Å². The van der Waals surface area contributed by atoms with E-state index >= 15 is 0 Å². The first kappa shape index (κ1) is 19.6. The van der Waals surface area contributed by atoms with Crippen LogP contribution in [0, 0.1) is 0 Å². The molecule has 0 heterocycles. The van der Waals surface area contributed by atoms with Crippen molar-refractivity contribution < 1.29 is 17.9 Å². The summed E-state index contributed by atoms with van der Waals surface area (Å²) in [5.41, 5.74) is 8.10. The van der Waals surface area contributed by atoms with E-state index in [0.717, 1.165) is 34.0 Å². The van der Waals surface area contributed by atoms with Crippen LogP contribution in [0.2, 0.25) is 0 Å². The van der Waals surface area contributed by atoms with E-state index in [0.29, 0.717) is 22.8 Å². The maximum Gasteiger partial charge on any atom is 0.416 e. The van der Waals surface area contributed by atoms with Crippen LogP contribution in [0.3, 0.4) is 0 Å². The van der Waals surface area contributed by atoms with E-state index in [9.17, 15) is 13.2 Å². The predicted molar refractivity (Wildman–Crippen MR) is 115 cm³/mol. The van der Waals surface area contributed by atoms with Gasteiger partial charge in [-0.25, -0.2) is 0 Å². The normalized spacial score (nSPS) is 11.4. The summed E-state index contributed by atoms with van der Waals surface area (Å²) in [6.07, 6.45) is -4.36. The number of nitrogen functional groups attached to an aromatic ring is 1. The second-order valence-corrected chi connectivity index (χ2v) is 6.84. The topological polar surface area (TPSA) is 35.2 Å². The number of nitrogens with two attached hydrogens (primary N) is 1. The summed E-state index contributed by atoms with van der Waals surface area (Å²) in [4.78, 5) is 0. The largest absolute Gasteiger partial charge is 0.455 e. The fourth-order valence-electron chi connectivity index (χ4n) is 3.39. The van der Waals surface area contributed by atoms with Gasteiger partial charge < -0.3 is 10.5 Å². The molecule has 0 atom stereocenters. The molecule has 30 heavy (non-hydrogen) atoms. The molecule has 4 rings (SSSR count). The third kappa shape index (κ3) is 3.74. The van der Waals surface area contributed by atoms with Gasteiger partial charge in [-0.3, -0.25) is 0 Å². The van der Waals surface area contributed by atoms with Crippen molar-refractivity contribution in [3.05, 3.63) is 103 Å². The van der Waals surface area contributed by atoms with Crippen LogP contribution in [0.4, 0.5) is 18.9 Å². The molecule has 2 N–H and O–H groups in total. The Balaban J connectivity index is 1.75. The van der Waals surface area contributed by atoms with Gasteiger partial charge in [-0.1, -0.05) is 61.2 Å². The van der Waals surface area contributed by atoms with Crippen molar-refractivity contribution in [3.63, 3.8) is 0 Å². The maximum atomic E-state index is 12.9. The first-order valence-electron chi connectivity index (χ1n) is 9.25. The van der Waals surface area contributed by atoms with Crippen LogP contribution >= 0.6 is 0 Å². The first-order chi connectivity index (χ1) is 14.3. The Morgan fingerprint density at radius 3 is 2.07 bits per heavy atom. The minimum Gasteiger partial charge on any atom is -0.455 e. The highest BCUT2D eigenvalue weighted by Gasteiger charge is 2.30. The van der Waals surface area contributed by atoms with Gasteiger partial charge in [0, 0.05) is 5.56 Å². The number of hydrogen-bond acceptors (Lipinski definition) is 2. The molecule has 5 heteroatoms. The molecule has 0 bridgehead atoms. The lowest BCUT2D eigenvalue weighted by Crippen LogP contribution is -2.04. The zero-order valence-corrected chi connectivity index (χ0v) is 15.9. The number of para-hydroxylation sites is 2. The van der Waals surface area contributed by atoms with Crippen LogP contribution in [0.25, 0.3) is 27.7 Å². The fraction of sp³-hybridized carbons (Fsp3) is 0.0400. The van der Waals surface area contributed by atoms with Gasteiger partial charge in [-0.15, -0.1) is 0 Å². The van der Waals surface area contributed by atoms with Crippen LogP contribution in [0.1, 0.15) is 11.1 Å². The molecule has 0 spiro atoms. The molecule has 0 aliphatic heterocycles. The van der Waals surface area contributed by atoms with Crippen molar-refractivity contribution >= 4 is 22.2 Å². The number of alkyl halides is 3. The minimum atomic E-state index is -4.36. The lowest BCUT2D eigenvalue weighted by Gasteiger charge is -2.15.